The van der Waals surface area contributed by atoms with Gasteiger partial charge < -0.3 is 14.6 Å². The van der Waals surface area contributed by atoms with Gasteiger partial charge in [0.1, 0.15) is 0 Å². The molecule has 1 aromatic heterocycles. The van der Waals surface area contributed by atoms with Crippen molar-refractivity contribution in [1.29, 1.82) is 0 Å². The fourth-order valence-electron chi connectivity index (χ4n) is 4.52. The van der Waals surface area contributed by atoms with Crippen LogP contribution in [0.3, 0.4) is 0 Å². The van der Waals surface area contributed by atoms with Crippen molar-refractivity contribution in [1.82, 2.24) is 10.0 Å². The van der Waals surface area contributed by atoms with Gasteiger partial charge in [-0.05, 0) is 72.4 Å². The van der Waals surface area contributed by atoms with E-state index in [0.29, 0.717) is 0 Å². The molecule has 2 heterocycles. The van der Waals surface area contributed by atoms with E-state index in [4.69, 9.17) is 5.21 Å². The summed E-state index contributed by atoms with van der Waals surface area (Å²) < 4.78 is 23.8. The highest BCUT2D eigenvalue weighted by molar-refractivity contribution is 7.92. The van der Waals surface area contributed by atoms with E-state index >= 15 is 0 Å². The van der Waals surface area contributed by atoms with E-state index in [1.807, 2.05) is 18.2 Å². The molecular weight excluding hydrogens is 482 g/mol. The number of sulfone groups is 1. The number of nitrogens with one attached hydrogen (secondary N) is 1. The Morgan fingerprint density at radius 3 is 2.33 bits per heavy atom. The van der Waals surface area contributed by atoms with E-state index in [2.05, 4.69) is 23.1 Å². The number of pyridine rings is 1. The van der Waals surface area contributed by atoms with Crippen LogP contribution >= 0.6 is 0 Å². The molecule has 0 saturated carbocycles. The lowest BCUT2D eigenvalue weighted by atomic mass is 10.0. The minimum absolute atomic E-state index is 0.00979. The SMILES string of the molecule is C[C@@](CCn1ccc(-c2ccc3cc(N4CCC(O)CC4)ccc3c2)cc1=O)(C(=O)NO)S(C)(=O)=O. The number of piperidine rings is 1. The molecule has 2 aromatic carbocycles. The van der Waals surface area contributed by atoms with Crippen LogP contribution in [0.2, 0.25) is 0 Å². The lowest BCUT2D eigenvalue weighted by Gasteiger charge is -2.31. The fourth-order valence-corrected chi connectivity index (χ4v) is 5.37. The maximum atomic E-state index is 12.8. The molecule has 10 heteroatoms. The van der Waals surface area contributed by atoms with Gasteiger partial charge in [0.15, 0.2) is 14.6 Å². The number of amides is 1. The third kappa shape index (κ3) is 5.16. The van der Waals surface area contributed by atoms with Crippen LogP contribution in [-0.2, 0) is 21.2 Å². The van der Waals surface area contributed by atoms with Crippen LogP contribution in [0.4, 0.5) is 5.69 Å². The number of anilines is 1. The first kappa shape index (κ1) is 25.9. The van der Waals surface area contributed by atoms with Gasteiger partial charge in [0.25, 0.3) is 11.5 Å². The average Bonchev–Trinajstić information content (AvgIpc) is 2.86. The number of nitrogens with zero attached hydrogens (tertiary/aromatic N) is 2. The monoisotopic (exact) mass is 513 g/mol. The van der Waals surface area contributed by atoms with Gasteiger partial charge in [-0.1, -0.05) is 18.2 Å². The van der Waals surface area contributed by atoms with Gasteiger partial charge in [-0.15, -0.1) is 0 Å². The Morgan fingerprint density at radius 1 is 1.06 bits per heavy atom. The third-order valence-corrected chi connectivity index (χ3v) is 9.24. The fraction of sp³-hybridized carbons (Fsp3) is 0.385. The molecule has 0 aliphatic carbocycles. The molecule has 1 fully saturated rings. The predicted octanol–water partition coefficient (Wildman–Crippen LogP) is 2.33. The maximum absolute atomic E-state index is 12.8. The lowest BCUT2D eigenvalue weighted by molar-refractivity contribution is -0.131. The van der Waals surface area contributed by atoms with E-state index in [-0.39, 0.29) is 24.6 Å². The summed E-state index contributed by atoms with van der Waals surface area (Å²) in [5.41, 5.74) is 3.82. The predicted molar refractivity (Wildman–Crippen MR) is 139 cm³/mol. The van der Waals surface area contributed by atoms with Crippen molar-refractivity contribution in [2.45, 2.75) is 43.6 Å². The second kappa shape index (κ2) is 10.0. The zero-order valence-electron chi connectivity index (χ0n) is 20.3. The van der Waals surface area contributed by atoms with E-state index < -0.39 is 20.5 Å². The summed E-state index contributed by atoms with van der Waals surface area (Å²) >= 11 is 0. The van der Waals surface area contributed by atoms with Crippen LogP contribution in [0.1, 0.15) is 26.2 Å². The molecule has 0 bridgehead atoms. The highest BCUT2D eigenvalue weighted by atomic mass is 32.2. The zero-order chi connectivity index (χ0) is 26.1. The topological polar surface area (TPSA) is 129 Å². The molecule has 1 aliphatic rings. The Hall–Kier alpha value is -3.21. The standard InChI is InChI=1S/C26H31N3O6S/c1-26(25(32)27-33,36(2,34)35)10-14-29-11-7-21(17-24(29)31)18-3-4-20-16-22(6-5-19(20)15-18)28-12-8-23(30)9-13-28/h3-7,11,15-17,23,30,33H,8-10,12-14H2,1-2H3,(H,27,32)/t26-/m1/s1. The van der Waals surface area contributed by atoms with Crippen molar-refractivity contribution in [2.24, 2.45) is 0 Å². The van der Waals surface area contributed by atoms with Crippen LogP contribution in [0.5, 0.6) is 0 Å². The van der Waals surface area contributed by atoms with Crippen molar-refractivity contribution >= 4 is 32.2 Å². The van der Waals surface area contributed by atoms with Gasteiger partial charge >= 0.3 is 0 Å². The number of rotatable bonds is 7. The Kier molecular flexibility index (Phi) is 7.21. The molecule has 4 rings (SSSR count). The first-order valence-corrected chi connectivity index (χ1v) is 13.7. The number of hydrogen-bond acceptors (Lipinski definition) is 7. The minimum Gasteiger partial charge on any atom is -0.393 e. The number of benzene rings is 2. The number of aryl methyl sites for hydroxylation is 1. The van der Waals surface area contributed by atoms with Crippen molar-refractivity contribution in [3.63, 3.8) is 0 Å². The molecule has 36 heavy (non-hydrogen) atoms. The van der Waals surface area contributed by atoms with Gasteiger partial charge in [0.2, 0.25) is 0 Å². The molecular formula is C26H31N3O6S. The summed E-state index contributed by atoms with van der Waals surface area (Å²) in [5.74, 6) is -1.04. The number of carbonyl (C=O) groups is 1. The Balaban J connectivity index is 1.54. The van der Waals surface area contributed by atoms with Gasteiger partial charge in [0, 0.05) is 43.8 Å². The van der Waals surface area contributed by atoms with Crippen molar-refractivity contribution in [3.8, 4) is 11.1 Å². The number of carbonyl (C=O) groups excluding carboxylic acids is 1. The Morgan fingerprint density at radius 2 is 1.69 bits per heavy atom. The van der Waals surface area contributed by atoms with Gasteiger partial charge in [-0.2, -0.15) is 0 Å². The zero-order valence-corrected chi connectivity index (χ0v) is 21.2. The summed E-state index contributed by atoms with van der Waals surface area (Å²) in [6.45, 7) is 2.87. The molecule has 0 unspecified atom stereocenters. The summed E-state index contributed by atoms with van der Waals surface area (Å²) in [5, 5.41) is 20.8. The van der Waals surface area contributed by atoms with E-state index in [1.54, 1.807) is 12.3 Å². The molecule has 1 saturated heterocycles. The maximum Gasteiger partial charge on any atom is 0.264 e. The van der Waals surface area contributed by atoms with Gasteiger partial charge in [-0.25, -0.2) is 13.9 Å². The second-order valence-corrected chi connectivity index (χ2v) is 12.1. The van der Waals surface area contributed by atoms with Crippen LogP contribution < -0.4 is 15.9 Å². The Bertz CT molecular complexity index is 1440. The number of hydrogen-bond donors (Lipinski definition) is 3. The smallest absolute Gasteiger partial charge is 0.264 e. The normalized spacial score (nSPS) is 16.6. The average molecular weight is 514 g/mol. The Labute approximate surface area is 209 Å². The first-order valence-electron chi connectivity index (χ1n) is 11.8. The van der Waals surface area contributed by atoms with E-state index in [9.17, 15) is 23.1 Å². The highest BCUT2D eigenvalue weighted by Crippen LogP contribution is 2.29. The molecule has 0 radical (unpaired) electrons. The van der Waals surface area contributed by atoms with Gasteiger partial charge in [-0.3, -0.25) is 14.8 Å². The molecule has 192 valence electrons. The van der Waals surface area contributed by atoms with Crippen molar-refractivity contribution in [3.05, 3.63) is 65.1 Å². The number of fused-ring (bicyclic) bond motifs is 1. The van der Waals surface area contributed by atoms with Crippen molar-refractivity contribution < 1.29 is 23.5 Å². The summed E-state index contributed by atoms with van der Waals surface area (Å²) in [7, 11) is -3.85. The van der Waals surface area contributed by atoms with Crippen molar-refractivity contribution in [2.75, 3.05) is 24.2 Å². The van der Waals surface area contributed by atoms with E-state index in [1.165, 1.54) is 23.0 Å². The molecule has 1 aliphatic heterocycles. The van der Waals surface area contributed by atoms with Crippen LogP contribution in [0.25, 0.3) is 21.9 Å². The highest BCUT2D eigenvalue weighted by Gasteiger charge is 2.43. The quantitative estimate of drug-likeness (QED) is 0.327. The van der Waals surface area contributed by atoms with Gasteiger partial charge in [0.05, 0.1) is 6.10 Å². The lowest BCUT2D eigenvalue weighted by Crippen LogP contribution is -2.49. The molecule has 1 atom stereocenters. The van der Waals surface area contributed by atoms with Crippen LogP contribution in [-0.4, -0.2) is 59.4 Å². The second-order valence-electron chi connectivity index (χ2n) is 9.61. The number of hydroxylamine groups is 1. The van der Waals surface area contributed by atoms with Crippen LogP contribution in [0, 0.1) is 0 Å². The minimum atomic E-state index is -3.85. The van der Waals surface area contributed by atoms with Crippen LogP contribution in [0.15, 0.2) is 59.5 Å². The summed E-state index contributed by atoms with van der Waals surface area (Å²) in [6, 6.07) is 15.5. The van der Waals surface area contributed by atoms with E-state index in [0.717, 1.165) is 59.8 Å². The molecule has 9 nitrogen and oxygen atoms in total. The largest absolute Gasteiger partial charge is 0.393 e. The summed E-state index contributed by atoms with van der Waals surface area (Å²) in [6.07, 6.45) is 3.65. The molecule has 3 aromatic rings. The first-order chi connectivity index (χ1) is 17.0. The molecule has 1 amide bonds. The number of aliphatic hydroxyl groups is 1. The summed E-state index contributed by atoms with van der Waals surface area (Å²) in [4.78, 5) is 27.1. The molecule has 3 N–H and O–H groups in total. The number of aliphatic hydroxyl groups excluding tert-OH is 1. The molecule has 0 spiro atoms. The number of aromatic nitrogens is 1. The third-order valence-electron chi connectivity index (χ3n) is 7.21.